The van der Waals surface area contributed by atoms with Gasteiger partial charge in [0.05, 0.1) is 0 Å². The van der Waals surface area contributed by atoms with Crippen molar-refractivity contribution in [1.82, 2.24) is 0 Å². The second-order valence-electron chi connectivity index (χ2n) is 3.32. The number of hydrogen-bond acceptors (Lipinski definition) is 4. The first-order chi connectivity index (χ1) is 8.26. The summed E-state index contributed by atoms with van der Waals surface area (Å²) in [4.78, 5) is 12.1. The van der Waals surface area contributed by atoms with Crippen LogP contribution in [-0.2, 0) is 0 Å². The zero-order chi connectivity index (χ0) is 12.3. The largest absolute Gasteiger partial charge is 0.421 e. The van der Waals surface area contributed by atoms with Gasteiger partial charge >= 0.3 is 5.63 Å². The molecule has 0 amide bonds. The predicted molar refractivity (Wildman–Crippen MR) is 66.9 cm³/mol. The average molecular weight is 243 g/mol. The molecule has 1 aromatic carbocycles. The van der Waals surface area contributed by atoms with Crippen LogP contribution in [0.15, 0.2) is 50.5 Å². The van der Waals surface area contributed by atoms with Crippen LogP contribution in [0.3, 0.4) is 0 Å². The molecule has 0 aliphatic carbocycles. The number of thioether (sulfide) groups is 1. The Labute approximate surface area is 103 Å². The lowest BCUT2D eigenvalue weighted by molar-refractivity contribution is 0.519. The molecule has 0 unspecified atom stereocenters. The van der Waals surface area contributed by atoms with Crippen LogP contribution in [0.2, 0.25) is 0 Å². The fourth-order valence-corrected chi connectivity index (χ4v) is 2.09. The van der Waals surface area contributed by atoms with E-state index in [1.54, 1.807) is 0 Å². The molecule has 0 spiro atoms. The first-order valence-electron chi connectivity index (χ1n) is 4.94. The van der Waals surface area contributed by atoms with E-state index in [1.807, 2.05) is 36.6 Å². The second-order valence-corrected chi connectivity index (χ2v) is 4.16. The average Bonchev–Trinajstić information content (AvgIpc) is 2.38. The van der Waals surface area contributed by atoms with Gasteiger partial charge in [-0.3, -0.25) is 0 Å². The van der Waals surface area contributed by atoms with E-state index < -0.39 is 5.63 Å². The molecule has 0 aliphatic rings. The number of nitriles is 1. The molecule has 0 saturated carbocycles. The highest BCUT2D eigenvalue weighted by Gasteiger charge is 2.13. The molecular weight excluding hydrogens is 234 g/mol. The van der Waals surface area contributed by atoms with Crippen LogP contribution in [0, 0.1) is 11.3 Å². The molecular formula is C13H9NO2S. The molecule has 4 heteroatoms. The van der Waals surface area contributed by atoms with Gasteiger partial charge in [-0.1, -0.05) is 30.3 Å². The van der Waals surface area contributed by atoms with E-state index in [0.29, 0.717) is 16.2 Å². The monoisotopic (exact) mass is 243 g/mol. The van der Waals surface area contributed by atoms with Gasteiger partial charge in [0.1, 0.15) is 11.6 Å². The van der Waals surface area contributed by atoms with E-state index in [0.717, 1.165) is 5.56 Å². The summed E-state index contributed by atoms with van der Waals surface area (Å²) in [6.45, 7) is 0. The van der Waals surface area contributed by atoms with Crippen molar-refractivity contribution in [2.45, 2.75) is 4.90 Å². The topological polar surface area (TPSA) is 54.0 Å². The third kappa shape index (κ3) is 2.24. The van der Waals surface area contributed by atoms with E-state index in [4.69, 9.17) is 9.68 Å². The molecule has 17 heavy (non-hydrogen) atoms. The molecule has 1 heterocycles. The van der Waals surface area contributed by atoms with Crippen LogP contribution in [0.1, 0.15) is 5.56 Å². The summed E-state index contributed by atoms with van der Waals surface area (Å²) in [7, 11) is 0. The van der Waals surface area contributed by atoms with Crippen molar-refractivity contribution < 1.29 is 4.42 Å². The van der Waals surface area contributed by atoms with Crippen molar-refractivity contribution in [3.05, 3.63) is 52.4 Å². The summed E-state index contributed by atoms with van der Waals surface area (Å²) in [5.41, 5.74) is 0.701. The Bertz CT molecular complexity index is 626. The van der Waals surface area contributed by atoms with Crippen LogP contribution in [0.4, 0.5) is 0 Å². The van der Waals surface area contributed by atoms with Crippen LogP contribution in [-0.4, -0.2) is 6.26 Å². The Hall–Kier alpha value is -1.99. The van der Waals surface area contributed by atoms with Crippen LogP contribution in [0.25, 0.3) is 11.3 Å². The van der Waals surface area contributed by atoms with E-state index in [2.05, 4.69) is 6.07 Å². The normalized spacial score (nSPS) is 9.88. The minimum absolute atomic E-state index is 0.338. The van der Waals surface area contributed by atoms with Crippen molar-refractivity contribution in [2.24, 2.45) is 0 Å². The Morgan fingerprint density at radius 1 is 1.29 bits per heavy atom. The minimum Gasteiger partial charge on any atom is -0.421 e. The van der Waals surface area contributed by atoms with Crippen molar-refractivity contribution >= 4 is 11.8 Å². The Morgan fingerprint density at radius 2 is 2.00 bits per heavy atom. The van der Waals surface area contributed by atoms with E-state index in [1.165, 1.54) is 17.8 Å². The van der Waals surface area contributed by atoms with Crippen molar-refractivity contribution in [2.75, 3.05) is 6.26 Å². The molecule has 3 nitrogen and oxygen atoms in total. The number of rotatable bonds is 2. The summed E-state index contributed by atoms with van der Waals surface area (Å²) < 4.78 is 5.14. The van der Waals surface area contributed by atoms with Gasteiger partial charge in [-0.15, -0.1) is 11.8 Å². The van der Waals surface area contributed by atoms with Gasteiger partial charge in [0, 0.05) is 16.5 Å². The summed E-state index contributed by atoms with van der Waals surface area (Å²) >= 11 is 1.36. The Kier molecular flexibility index (Phi) is 3.31. The predicted octanol–water partition coefficient (Wildman–Crippen LogP) is 2.90. The van der Waals surface area contributed by atoms with E-state index >= 15 is 0 Å². The second kappa shape index (κ2) is 4.89. The van der Waals surface area contributed by atoms with Gasteiger partial charge in [-0.2, -0.15) is 5.26 Å². The third-order valence-corrected chi connectivity index (χ3v) is 3.05. The maximum atomic E-state index is 11.4. The molecule has 0 atom stereocenters. The molecule has 2 rings (SSSR count). The lowest BCUT2D eigenvalue weighted by Gasteiger charge is -2.05. The first-order valence-corrected chi connectivity index (χ1v) is 6.16. The quantitative estimate of drug-likeness (QED) is 0.761. The van der Waals surface area contributed by atoms with Crippen LogP contribution in [0.5, 0.6) is 0 Å². The summed E-state index contributed by atoms with van der Waals surface area (Å²) in [5.74, 6) is 0.338. The van der Waals surface area contributed by atoms with Gasteiger partial charge in [0.15, 0.2) is 5.76 Å². The Balaban J connectivity index is 2.74. The zero-order valence-corrected chi connectivity index (χ0v) is 9.95. The maximum absolute atomic E-state index is 11.4. The van der Waals surface area contributed by atoms with Gasteiger partial charge < -0.3 is 4.42 Å². The summed E-state index contributed by atoms with van der Waals surface area (Å²) in [5, 5.41) is 9.16. The van der Waals surface area contributed by atoms with Gasteiger partial charge in [0.25, 0.3) is 0 Å². The third-order valence-electron chi connectivity index (χ3n) is 2.29. The lowest BCUT2D eigenvalue weighted by atomic mass is 10.1. The highest BCUT2D eigenvalue weighted by Crippen LogP contribution is 2.28. The van der Waals surface area contributed by atoms with Gasteiger partial charge in [-0.25, -0.2) is 4.79 Å². The zero-order valence-electron chi connectivity index (χ0n) is 9.14. The van der Waals surface area contributed by atoms with E-state index in [9.17, 15) is 4.79 Å². The SMILES string of the molecule is CSc1cc(=O)oc(-c2ccccc2)c1C#N. The molecule has 0 aliphatic heterocycles. The smallest absolute Gasteiger partial charge is 0.337 e. The molecule has 84 valence electrons. The first kappa shape index (κ1) is 11.5. The number of benzene rings is 1. The Morgan fingerprint density at radius 3 is 2.59 bits per heavy atom. The highest BCUT2D eigenvalue weighted by molar-refractivity contribution is 7.98. The molecule has 2 aromatic rings. The van der Waals surface area contributed by atoms with Crippen molar-refractivity contribution in [1.29, 1.82) is 5.26 Å². The van der Waals surface area contributed by atoms with Crippen molar-refractivity contribution in [3.63, 3.8) is 0 Å². The maximum Gasteiger partial charge on any atom is 0.337 e. The standard InChI is InChI=1S/C13H9NO2S/c1-17-11-7-12(15)16-13(10(11)8-14)9-5-3-2-4-6-9/h2-7H,1H3. The van der Waals surface area contributed by atoms with E-state index in [-0.39, 0.29) is 0 Å². The highest BCUT2D eigenvalue weighted by atomic mass is 32.2. The van der Waals surface area contributed by atoms with Crippen molar-refractivity contribution in [3.8, 4) is 17.4 Å². The van der Waals surface area contributed by atoms with Crippen LogP contribution < -0.4 is 5.63 Å². The number of hydrogen-bond donors (Lipinski definition) is 0. The van der Waals surface area contributed by atoms with Gasteiger partial charge in [-0.05, 0) is 6.26 Å². The van der Waals surface area contributed by atoms with Gasteiger partial charge in [0.2, 0.25) is 0 Å². The molecule has 0 N–H and O–H groups in total. The molecule has 0 bridgehead atoms. The lowest BCUT2D eigenvalue weighted by Crippen LogP contribution is -2.01. The van der Waals surface area contributed by atoms with Crippen LogP contribution >= 0.6 is 11.8 Å². The fraction of sp³-hybridized carbons (Fsp3) is 0.0769. The molecule has 0 saturated heterocycles. The summed E-state index contributed by atoms with van der Waals surface area (Å²) in [6.07, 6.45) is 1.82. The minimum atomic E-state index is -0.438. The fourth-order valence-electron chi connectivity index (χ4n) is 1.53. The molecule has 0 radical (unpaired) electrons. The summed E-state index contributed by atoms with van der Waals surface area (Å²) in [6, 6.07) is 12.6. The molecule has 1 aromatic heterocycles. The number of nitrogens with zero attached hydrogens (tertiary/aromatic N) is 1. The molecule has 0 fully saturated rings.